The van der Waals surface area contributed by atoms with Crippen LogP contribution in [0.4, 0.5) is 0 Å². The number of nitriles is 1. The highest BCUT2D eigenvalue weighted by Crippen LogP contribution is 2.26. The van der Waals surface area contributed by atoms with Gasteiger partial charge in [0.2, 0.25) is 0 Å². The van der Waals surface area contributed by atoms with Gasteiger partial charge < -0.3 is 10.1 Å². The topological polar surface area (TPSA) is 74.1 Å². The minimum atomic E-state index is -0.314. The number of amides is 1. The summed E-state index contributed by atoms with van der Waals surface area (Å²) in [5.74, 6) is 0.0281. The molecular formula is C14H18ClN3O2. The van der Waals surface area contributed by atoms with E-state index >= 15 is 0 Å². The van der Waals surface area contributed by atoms with Gasteiger partial charge in [-0.15, -0.1) is 0 Å². The first kappa shape index (κ1) is 16.3. The maximum absolute atomic E-state index is 12.2. The molecule has 0 aromatic heterocycles. The van der Waals surface area contributed by atoms with Crippen LogP contribution in [0.1, 0.15) is 36.2 Å². The Morgan fingerprint density at radius 2 is 2.25 bits per heavy atom. The van der Waals surface area contributed by atoms with Crippen molar-refractivity contribution in [2.24, 2.45) is 0 Å². The average molecular weight is 296 g/mol. The van der Waals surface area contributed by atoms with Crippen molar-refractivity contribution in [3.05, 3.63) is 28.3 Å². The zero-order chi connectivity index (χ0) is 15.1. The number of ether oxygens (including phenoxy) is 1. The summed E-state index contributed by atoms with van der Waals surface area (Å²) in [6.07, 6.45) is 0.802. The molecule has 0 fully saturated rings. The highest BCUT2D eigenvalue weighted by Gasteiger charge is 2.17. The van der Waals surface area contributed by atoms with E-state index in [1.807, 2.05) is 19.9 Å². The minimum Gasteiger partial charge on any atom is -0.496 e. The van der Waals surface area contributed by atoms with Crippen LogP contribution in [0.25, 0.3) is 0 Å². The monoisotopic (exact) mass is 295 g/mol. The van der Waals surface area contributed by atoms with Crippen LogP contribution in [-0.2, 0) is 0 Å². The molecule has 0 spiro atoms. The Hall–Kier alpha value is -1.77. The van der Waals surface area contributed by atoms with Crippen molar-refractivity contribution in [1.82, 2.24) is 10.6 Å². The summed E-state index contributed by atoms with van der Waals surface area (Å²) in [4.78, 5) is 12.2. The van der Waals surface area contributed by atoms with Crippen LogP contribution in [0.2, 0.25) is 5.02 Å². The second kappa shape index (κ2) is 7.73. The fourth-order valence-corrected chi connectivity index (χ4v) is 1.87. The SMILES string of the molecule is CCCNC(C)NC(=O)c1cc(C#N)c(Cl)cc1OC. The van der Waals surface area contributed by atoms with Gasteiger partial charge in [-0.25, -0.2) is 0 Å². The van der Waals surface area contributed by atoms with E-state index in [0.717, 1.165) is 13.0 Å². The lowest BCUT2D eigenvalue weighted by Gasteiger charge is -2.16. The molecule has 0 aliphatic rings. The van der Waals surface area contributed by atoms with Crippen LogP contribution >= 0.6 is 11.6 Å². The fraction of sp³-hybridized carbons (Fsp3) is 0.429. The van der Waals surface area contributed by atoms with Crippen molar-refractivity contribution in [3.63, 3.8) is 0 Å². The highest BCUT2D eigenvalue weighted by molar-refractivity contribution is 6.32. The molecule has 1 rings (SSSR count). The van der Waals surface area contributed by atoms with Gasteiger partial charge in [0.1, 0.15) is 11.8 Å². The molecular weight excluding hydrogens is 278 g/mol. The third-order valence-corrected chi connectivity index (χ3v) is 3.02. The Morgan fingerprint density at radius 1 is 1.55 bits per heavy atom. The fourth-order valence-electron chi connectivity index (χ4n) is 1.67. The molecule has 2 N–H and O–H groups in total. The Morgan fingerprint density at radius 3 is 2.80 bits per heavy atom. The van der Waals surface area contributed by atoms with E-state index in [1.165, 1.54) is 19.2 Å². The van der Waals surface area contributed by atoms with Crippen LogP contribution < -0.4 is 15.4 Å². The maximum Gasteiger partial charge on any atom is 0.256 e. The maximum atomic E-state index is 12.2. The Bertz CT molecular complexity index is 526. The Labute approximate surface area is 123 Å². The number of methoxy groups -OCH3 is 1. The number of carbonyl (C=O) groups excluding carboxylic acids is 1. The standard InChI is InChI=1S/C14H18ClN3O2/c1-4-5-17-9(2)18-14(19)11-6-10(8-16)12(15)7-13(11)20-3/h6-7,9,17H,4-5H2,1-3H3,(H,18,19). The normalized spacial score (nSPS) is 11.6. The van der Waals surface area contributed by atoms with Gasteiger partial charge in [0, 0.05) is 6.07 Å². The number of nitrogens with one attached hydrogen (secondary N) is 2. The summed E-state index contributed by atoms with van der Waals surface area (Å²) in [6, 6.07) is 4.85. The van der Waals surface area contributed by atoms with Crippen molar-refractivity contribution in [3.8, 4) is 11.8 Å². The van der Waals surface area contributed by atoms with Crippen LogP contribution in [0, 0.1) is 11.3 Å². The lowest BCUT2D eigenvalue weighted by Crippen LogP contribution is -2.43. The number of hydrogen-bond acceptors (Lipinski definition) is 4. The molecule has 0 aliphatic heterocycles. The van der Waals surface area contributed by atoms with Gasteiger partial charge in [0.15, 0.2) is 0 Å². The molecule has 0 bridgehead atoms. The molecule has 1 amide bonds. The Balaban J connectivity index is 2.94. The first-order valence-electron chi connectivity index (χ1n) is 6.35. The number of hydrogen-bond donors (Lipinski definition) is 2. The molecule has 0 saturated heterocycles. The Kier molecular flexibility index (Phi) is 6.29. The predicted octanol–water partition coefficient (Wildman–Crippen LogP) is 2.30. The molecule has 0 heterocycles. The molecule has 1 aromatic carbocycles. The second-order valence-corrected chi connectivity index (χ2v) is 4.70. The van der Waals surface area contributed by atoms with Gasteiger partial charge in [0.05, 0.1) is 29.4 Å². The molecule has 0 radical (unpaired) electrons. The van der Waals surface area contributed by atoms with Gasteiger partial charge >= 0.3 is 0 Å². The zero-order valence-corrected chi connectivity index (χ0v) is 12.5. The first-order valence-corrected chi connectivity index (χ1v) is 6.73. The van der Waals surface area contributed by atoms with Crippen molar-refractivity contribution in [2.45, 2.75) is 26.4 Å². The highest BCUT2D eigenvalue weighted by atomic mass is 35.5. The summed E-state index contributed by atoms with van der Waals surface area (Å²) >= 11 is 5.91. The predicted molar refractivity (Wildman–Crippen MR) is 77.9 cm³/mol. The van der Waals surface area contributed by atoms with Crippen molar-refractivity contribution < 1.29 is 9.53 Å². The van der Waals surface area contributed by atoms with E-state index in [1.54, 1.807) is 0 Å². The molecule has 6 heteroatoms. The van der Waals surface area contributed by atoms with Crippen molar-refractivity contribution >= 4 is 17.5 Å². The quantitative estimate of drug-likeness (QED) is 0.790. The number of carbonyl (C=O) groups is 1. The van der Waals surface area contributed by atoms with E-state index in [0.29, 0.717) is 11.3 Å². The smallest absolute Gasteiger partial charge is 0.256 e. The molecule has 20 heavy (non-hydrogen) atoms. The lowest BCUT2D eigenvalue weighted by molar-refractivity contribution is 0.0930. The summed E-state index contributed by atoms with van der Waals surface area (Å²) in [6.45, 7) is 4.70. The van der Waals surface area contributed by atoms with E-state index in [-0.39, 0.29) is 22.7 Å². The van der Waals surface area contributed by atoms with Gasteiger partial charge in [0.25, 0.3) is 5.91 Å². The van der Waals surface area contributed by atoms with Gasteiger partial charge in [-0.3, -0.25) is 10.1 Å². The van der Waals surface area contributed by atoms with Crippen LogP contribution in [0.15, 0.2) is 12.1 Å². The van der Waals surface area contributed by atoms with E-state index in [4.69, 9.17) is 21.6 Å². The molecule has 1 unspecified atom stereocenters. The van der Waals surface area contributed by atoms with Gasteiger partial charge in [-0.05, 0) is 26.0 Å². The lowest BCUT2D eigenvalue weighted by atomic mass is 10.1. The van der Waals surface area contributed by atoms with Crippen molar-refractivity contribution in [1.29, 1.82) is 5.26 Å². The summed E-state index contributed by atoms with van der Waals surface area (Å²) in [5.41, 5.74) is 0.533. The molecule has 1 atom stereocenters. The van der Waals surface area contributed by atoms with E-state index in [9.17, 15) is 4.79 Å². The van der Waals surface area contributed by atoms with Crippen LogP contribution in [0.5, 0.6) is 5.75 Å². The molecule has 0 aliphatic carbocycles. The van der Waals surface area contributed by atoms with Crippen LogP contribution in [0.3, 0.4) is 0 Å². The van der Waals surface area contributed by atoms with Gasteiger partial charge in [-0.1, -0.05) is 18.5 Å². The van der Waals surface area contributed by atoms with E-state index < -0.39 is 0 Å². The third kappa shape index (κ3) is 4.12. The summed E-state index contributed by atoms with van der Waals surface area (Å²) in [5, 5.41) is 15.2. The van der Waals surface area contributed by atoms with Crippen LogP contribution in [-0.4, -0.2) is 25.7 Å². The molecule has 1 aromatic rings. The third-order valence-electron chi connectivity index (χ3n) is 2.70. The van der Waals surface area contributed by atoms with Crippen molar-refractivity contribution in [2.75, 3.05) is 13.7 Å². The minimum absolute atomic E-state index is 0.173. The van der Waals surface area contributed by atoms with E-state index in [2.05, 4.69) is 10.6 Å². The molecule has 108 valence electrons. The molecule has 0 saturated carbocycles. The summed E-state index contributed by atoms with van der Waals surface area (Å²) in [7, 11) is 1.45. The number of halogens is 1. The number of benzene rings is 1. The number of rotatable bonds is 6. The first-order chi connectivity index (χ1) is 9.53. The average Bonchev–Trinajstić information content (AvgIpc) is 2.44. The second-order valence-electron chi connectivity index (χ2n) is 4.29. The zero-order valence-electron chi connectivity index (χ0n) is 11.8. The van der Waals surface area contributed by atoms with Gasteiger partial charge in [-0.2, -0.15) is 5.26 Å². The number of nitrogens with zero attached hydrogens (tertiary/aromatic N) is 1. The largest absolute Gasteiger partial charge is 0.496 e. The molecule has 5 nitrogen and oxygen atoms in total. The summed E-state index contributed by atoms with van der Waals surface area (Å²) < 4.78 is 5.13.